The second-order valence-corrected chi connectivity index (χ2v) is 8.48. The second kappa shape index (κ2) is 7.15. The van der Waals surface area contributed by atoms with Crippen LogP contribution in [0.15, 0.2) is 23.3 Å². The molecular formula is C21H27N5O. The Hall–Kier alpha value is -2.08. The van der Waals surface area contributed by atoms with E-state index in [1.807, 2.05) is 18.5 Å². The van der Waals surface area contributed by atoms with E-state index in [1.165, 1.54) is 43.2 Å². The number of hydrogen-bond acceptors (Lipinski definition) is 5. The standard InChI is InChI=1S/C21H27N5O/c27-20-8-18-4-1-2-7-19(18)24-26(20)14-16-12-25(13-16)11-15-9-22-21(23-10-15)17-5-3-6-17/h8-10,16-17H,1-7,11-14H2. The van der Waals surface area contributed by atoms with Gasteiger partial charge in [0.1, 0.15) is 5.82 Å². The van der Waals surface area contributed by atoms with Gasteiger partial charge in [0.2, 0.25) is 0 Å². The summed E-state index contributed by atoms with van der Waals surface area (Å²) < 4.78 is 1.70. The maximum Gasteiger partial charge on any atom is 0.267 e. The van der Waals surface area contributed by atoms with E-state index in [-0.39, 0.29) is 5.56 Å². The highest BCUT2D eigenvalue weighted by Crippen LogP contribution is 2.34. The van der Waals surface area contributed by atoms with Crippen molar-refractivity contribution in [3.05, 3.63) is 51.5 Å². The fourth-order valence-electron chi connectivity index (χ4n) is 4.48. The molecule has 0 aromatic carbocycles. The van der Waals surface area contributed by atoms with Crippen molar-refractivity contribution >= 4 is 0 Å². The largest absolute Gasteiger partial charge is 0.298 e. The fourth-order valence-corrected chi connectivity index (χ4v) is 4.48. The first-order chi connectivity index (χ1) is 13.2. The molecule has 6 heteroatoms. The second-order valence-electron chi connectivity index (χ2n) is 8.48. The summed E-state index contributed by atoms with van der Waals surface area (Å²) in [5.74, 6) is 2.12. The van der Waals surface area contributed by atoms with Crippen molar-refractivity contribution in [2.24, 2.45) is 5.92 Å². The van der Waals surface area contributed by atoms with Crippen molar-refractivity contribution < 1.29 is 0 Å². The summed E-state index contributed by atoms with van der Waals surface area (Å²) in [6.07, 6.45) is 12.2. The van der Waals surface area contributed by atoms with Gasteiger partial charge in [0.05, 0.1) is 12.2 Å². The zero-order chi connectivity index (χ0) is 18.2. The van der Waals surface area contributed by atoms with Crippen LogP contribution < -0.4 is 5.56 Å². The average molecular weight is 365 g/mol. The van der Waals surface area contributed by atoms with E-state index in [9.17, 15) is 4.79 Å². The van der Waals surface area contributed by atoms with E-state index < -0.39 is 0 Å². The number of hydrogen-bond donors (Lipinski definition) is 0. The number of nitrogens with zero attached hydrogens (tertiary/aromatic N) is 5. The van der Waals surface area contributed by atoms with E-state index in [0.29, 0.717) is 11.8 Å². The van der Waals surface area contributed by atoms with Gasteiger partial charge in [0, 0.05) is 55.5 Å². The zero-order valence-electron chi connectivity index (χ0n) is 15.8. The van der Waals surface area contributed by atoms with Gasteiger partial charge in [-0.25, -0.2) is 14.6 Å². The van der Waals surface area contributed by atoms with Gasteiger partial charge < -0.3 is 0 Å². The molecule has 1 aliphatic heterocycles. The summed E-state index contributed by atoms with van der Waals surface area (Å²) in [5, 5.41) is 4.65. The predicted octanol–water partition coefficient (Wildman–Crippen LogP) is 2.31. The molecule has 1 saturated carbocycles. The van der Waals surface area contributed by atoms with Crippen LogP contribution in [-0.2, 0) is 25.9 Å². The third kappa shape index (κ3) is 3.55. The van der Waals surface area contributed by atoms with Gasteiger partial charge >= 0.3 is 0 Å². The Morgan fingerprint density at radius 2 is 1.81 bits per heavy atom. The fraction of sp³-hybridized carbons (Fsp3) is 0.619. The van der Waals surface area contributed by atoms with Crippen LogP contribution in [0.4, 0.5) is 0 Å². The maximum atomic E-state index is 12.3. The highest BCUT2D eigenvalue weighted by Gasteiger charge is 2.28. The van der Waals surface area contributed by atoms with Crippen molar-refractivity contribution in [2.75, 3.05) is 13.1 Å². The highest BCUT2D eigenvalue weighted by atomic mass is 16.1. The van der Waals surface area contributed by atoms with Crippen LogP contribution >= 0.6 is 0 Å². The van der Waals surface area contributed by atoms with Gasteiger partial charge in [0.25, 0.3) is 5.56 Å². The molecule has 0 spiro atoms. The lowest BCUT2D eigenvalue weighted by atomic mass is 9.85. The van der Waals surface area contributed by atoms with Crippen molar-refractivity contribution in [2.45, 2.75) is 64.0 Å². The summed E-state index contributed by atoms with van der Waals surface area (Å²) in [5.41, 5.74) is 3.55. The minimum Gasteiger partial charge on any atom is -0.298 e. The van der Waals surface area contributed by atoms with Crippen molar-refractivity contribution in [3.8, 4) is 0 Å². The molecule has 0 bridgehead atoms. The molecule has 3 aliphatic rings. The van der Waals surface area contributed by atoms with E-state index in [4.69, 9.17) is 0 Å². The lowest BCUT2D eigenvalue weighted by Crippen LogP contribution is -2.49. The van der Waals surface area contributed by atoms with Crippen molar-refractivity contribution in [3.63, 3.8) is 0 Å². The molecule has 27 heavy (non-hydrogen) atoms. The molecule has 3 heterocycles. The van der Waals surface area contributed by atoms with Gasteiger partial charge in [-0.15, -0.1) is 0 Å². The average Bonchev–Trinajstić information content (AvgIpc) is 2.60. The van der Waals surface area contributed by atoms with E-state index in [2.05, 4.69) is 20.0 Å². The van der Waals surface area contributed by atoms with E-state index in [0.717, 1.165) is 50.5 Å². The summed E-state index contributed by atoms with van der Waals surface area (Å²) in [4.78, 5) is 23.8. The van der Waals surface area contributed by atoms with Crippen LogP contribution in [0.2, 0.25) is 0 Å². The Labute approximate surface area is 159 Å². The van der Waals surface area contributed by atoms with E-state index >= 15 is 0 Å². The Balaban J connectivity index is 1.15. The van der Waals surface area contributed by atoms with Crippen LogP contribution in [0, 0.1) is 5.92 Å². The van der Waals surface area contributed by atoms with Gasteiger partial charge in [-0.3, -0.25) is 9.69 Å². The predicted molar refractivity (Wildman–Crippen MR) is 103 cm³/mol. The molecule has 0 radical (unpaired) electrons. The topological polar surface area (TPSA) is 63.9 Å². The number of rotatable bonds is 5. The Kier molecular flexibility index (Phi) is 4.52. The molecule has 2 aromatic heterocycles. The monoisotopic (exact) mass is 365 g/mol. The molecule has 0 N–H and O–H groups in total. The number of aryl methyl sites for hydroxylation is 2. The normalized spacial score (nSPS) is 20.7. The first-order valence-electron chi connectivity index (χ1n) is 10.4. The zero-order valence-corrected chi connectivity index (χ0v) is 15.8. The van der Waals surface area contributed by atoms with Crippen LogP contribution in [0.5, 0.6) is 0 Å². The lowest BCUT2D eigenvalue weighted by molar-refractivity contribution is 0.0762. The van der Waals surface area contributed by atoms with Crippen molar-refractivity contribution in [1.82, 2.24) is 24.6 Å². The highest BCUT2D eigenvalue weighted by molar-refractivity contribution is 5.20. The molecule has 1 saturated heterocycles. The van der Waals surface area contributed by atoms with Gasteiger partial charge in [-0.2, -0.15) is 5.10 Å². The third-order valence-electron chi connectivity index (χ3n) is 6.34. The van der Waals surface area contributed by atoms with Crippen molar-refractivity contribution in [1.29, 1.82) is 0 Å². The number of aromatic nitrogens is 4. The lowest BCUT2D eigenvalue weighted by Gasteiger charge is -2.39. The quantitative estimate of drug-likeness (QED) is 0.814. The van der Waals surface area contributed by atoms with E-state index in [1.54, 1.807) is 4.68 Å². The summed E-state index contributed by atoms with van der Waals surface area (Å²) >= 11 is 0. The molecule has 0 amide bonds. The molecule has 2 fully saturated rings. The Bertz CT molecular complexity index is 865. The molecule has 2 aliphatic carbocycles. The molecule has 0 unspecified atom stereocenters. The maximum absolute atomic E-state index is 12.3. The third-order valence-corrected chi connectivity index (χ3v) is 6.34. The first kappa shape index (κ1) is 17.0. The summed E-state index contributed by atoms with van der Waals surface area (Å²) in [6, 6.07) is 1.82. The molecule has 2 aromatic rings. The first-order valence-corrected chi connectivity index (χ1v) is 10.4. The minimum absolute atomic E-state index is 0.0640. The summed E-state index contributed by atoms with van der Waals surface area (Å²) in [7, 11) is 0. The number of likely N-dealkylation sites (tertiary alicyclic amines) is 1. The SMILES string of the molecule is O=c1cc2c(nn1CC1CN(Cc3cnc(C4CCC4)nc3)C1)CCCC2. The van der Waals surface area contributed by atoms with Crippen LogP contribution in [0.3, 0.4) is 0 Å². The van der Waals surface area contributed by atoms with Gasteiger partial charge in [0.15, 0.2) is 0 Å². The van der Waals surface area contributed by atoms with Crippen LogP contribution in [0.1, 0.15) is 60.7 Å². The van der Waals surface area contributed by atoms with Gasteiger partial charge in [-0.1, -0.05) is 6.42 Å². The smallest absolute Gasteiger partial charge is 0.267 e. The van der Waals surface area contributed by atoms with Crippen LogP contribution in [0.25, 0.3) is 0 Å². The minimum atomic E-state index is 0.0640. The van der Waals surface area contributed by atoms with Crippen LogP contribution in [-0.4, -0.2) is 37.7 Å². The molecule has 6 nitrogen and oxygen atoms in total. The number of fused-ring (bicyclic) bond motifs is 1. The Morgan fingerprint density at radius 1 is 1.04 bits per heavy atom. The molecule has 0 atom stereocenters. The molecule has 142 valence electrons. The molecular weight excluding hydrogens is 338 g/mol. The summed E-state index contributed by atoms with van der Waals surface area (Å²) in [6.45, 7) is 3.65. The van der Waals surface area contributed by atoms with Gasteiger partial charge in [-0.05, 0) is 44.1 Å². The Morgan fingerprint density at radius 3 is 2.56 bits per heavy atom. The molecule has 5 rings (SSSR count).